The van der Waals surface area contributed by atoms with Crippen LogP contribution in [0.1, 0.15) is 17.5 Å². The minimum atomic E-state index is 0.134. The molecule has 5 rings (SSSR count). The van der Waals surface area contributed by atoms with Crippen molar-refractivity contribution in [1.82, 2.24) is 0 Å². The van der Waals surface area contributed by atoms with Gasteiger partial charge in [-0.15, -0.1) is 0 Å². The fourth-order valence-electron chi connectivity index (χ4n) is 4.34. The highest BCUT2D eigenvalue weighted by atomic mass is 16.5. The van der Waals surface area contributed by atoms with Gasteiger partial charge in [-0.3, -0.25) is 0 Å². The van der Waals surface area contributed by atoms with Gasteiger partial charge in [-0.25, -0.2) is 0 Å². The molecule has 1 aliphatic carbocycles. The Hall–Kier alpha value is -3.36. The molecular weight excluding hydrogens is 368 g/mol. The van der Waals surface area contributed by atoms with Crippen molar-refractivity contribution in [2.75, 3.05) is 13.2 Å². The van der Waals surface area contributed by atoms with Crippen molar-refractivity contribution in [2.24, 2.45) is 0 Å². The van der Waals surface area contributed by atoms with Gasteiger partial charge < -0.3 is 9.84 Å². The third-order valence-electron chi connectivity index (χ3n) is 5.79. The Morgan fingerprint density at radius 2 is 1.43 bits per heavy atom. The van der Waals surface area contributed by atoms with Crippen LogP contribution < -0.4 is 4.74 Å². The van der Waals surface area contributed by atoms with Crippen molar-refractivity contribution in [3.8, 4) is 39.1 Å². The summed E-state index contributed by atoms with van der Waals surface area (Å²) >= 11 is 0. The van der Waals surface area contributed by atoms with Crippen LogP contribution in [0.5, 0.6) is 5.75 Å². The van der Waals surface area contributed by atoms with Gasteiger partial charge in [0.2, 0.25) is 0 Å². The minimum absolute atomic E-state index is 0.134. The first-order chi connectivity index (χ1) is 14.8. The zero-order chi connectivity index (χ0) is 20.3. The third kappa shape index (κ3) is 3.40. The van der Waals surface area contributed by atoms with E-state index < -0.39 is 0 Å². The van der Waals surface area contributed by atoms with E-state index in [-0.39, 0.29) is 6.61 Å². The molecule has 0 saturated carbocycles. The minimum Gasteiger partial charge on any atom is -0.493 e. The lowest BCUT2D eigenvalue weighted by atomic mass is 9.93. The van der Waals surface area contributed by atoms with Crippen molar-refractivity contribution in [1.29, 1.82) is 0 Å². The number of rotatable bonds is 6. The Kier molecular flexibility index (Phi) is 5.08. The smallest absolute Gasteiger partial charge is 0.127 e. The number of hydrogen-bond donors (Lipinski definition) is 1. The normalized spacial score (nSPS) is 11.8. The van der Waals surface area contributed by atoms with Gasteiger partial charge in [0.1, 0.15) is 5.75 Å². The van der Waals surface area contributed by atoms with Gasteiger partial charge >= 0.3 is 0 Å². The summed E-state index contributed by atoms with van der Waals surface area (Å²) in [7, 11) is 0. The summed E-state index contributed by atoms with van der Waals surface area (Å²) in [6.45, 7) is 0.640. The van der Waals surface area contributed by atoms with E-state index in [1.54, 1.807) is 0 Å². The highest BCUT2D eigenvalue weighted by molar-refractivity contribution is 5.86. The van der Waals surface area contributed by atoms with E-state index >= 15 is 0 Å². The second kappa shape index (κ2) is 8.17. The molecule has 4 aromatic rings. The Bertz CT molecular complexity index is 1180. The largest absolute Gasteiger partial charge is 0.493 e. The molecule has 0 unspecified atom stereocenters. The molecule has 2 heteroatoms. The molecule has 0 atom stereocenters. The van der Waals surface area contributed by atoms with Gasteiger partial charge in [0.15, 0.2) is 0 Å². The highest BCUT2D eigenvalue weighted by Crippen LogP contribution is 2.43. The number of benzene rings is 4. The van der Waals surface area contributed by atoms with Crippen molar-refractivity contribution in [3.05, 3.63) is 102 Å². The van der Waals surface area contributed by atoms with E-state index in [4.69, 9.17) is 9.84 Å². The lowest BCUT2D eigenvalue weighted by molar-refractivity contribution is 0.234. The summed E-state index contributed by atoms with van der Waals surface area (Å²) in [5, 5.41) is 9.11. The molecule has 30 heavy (non-hydrogen) atoms. The molecule has 1 aliphatic rings. The van der Waals surface area contributed by atoms with E-state index in [1.165, 1.54) is 33.4 Å². The summed E-state index contributed by atoms with van der Waals surface area (Å²) in [6, 6.07) is 32.1. The van der Waals surface area contributed by atoms with E-state index in [1.807, 2.05) is 6.07 Å². The molecule has 0 saturated heterocycles. The SMILES string of the molecule is OCCCOc1ccc(-c2cccc3c2Cc2ccccc2-3)cc1-c1ccccc1. The Morgan fingerprint density at radius 1 is 0.667 bits per heavy atom. The average molecular weight is 392 g/mol. The molecule has 0 aliphatic heterocycles. The zero-order valence-corrected chi connectivity index (χ0v) is 16.8. The molecular formula is C28H24O2. The van der Waals surface area contributed by atoms with Crippen LogP contribution >= 0.6 is 0 Å². The van der Waals surface area contributed by atoms with Gasteiger partial charge in [-0.1, -0.05) is 78.9 Å². The van der Waals surface area contributed by atoms with Gasteiger partial charge in [-0.2, -0.15) is 0 Å². The number of hydrogen-bond acceptors (Lipinski definition) is 2. The van der Waals surface area contributed by atoms with Crippen molar-refractivity contribution >= 4 is 0 Å². The van der Waals surface area contributed by atoms with Crippen LogP contribution in [0.3, 0.4) is 0 Å². The first kappa shape index (κ1) is 18.7. The average Bonchev–Trinajstić information content (AvgIpc) is 3.19. The van der Waals surface area contributed by atoms with E-state index in [0.29, 0.717) is 13.0 Å². The number of aliphatic hydroxyl groups excluding tert-OH is 1. The third-order valence-corrected chi connectivity index (χ3v) is 5.79. The Labute approximate surface area is 177 Å². The van der Waals surface area contributed by atoms with E-state index in [9.17, 15) is 0 Å². The van der Waals surface area contributed by atoms with Crippen molar-refractivity contribution in [2.45, 2.75) is 12.8 Å². The zero-order valence-electron chi connectivity index (χ0n) is 16.8. The maximum atomic E-state index is 9.11. The van der Waals surface area contributed by atoms with Gasteiger partial charge in [0.25, 0.3) is 0 Å². The van der Waals surface area contributed by atoms with Gasteiger partial charge in [0.05, 0.1) is 6.61 Å². The maximum Gasteiger partial charge on any atom is 0.127 e. The lowest BCUT2D eigenvalue weighted by Crippen LogP contribution is -2.01. The monoisotopic (exact) mass is 392 g/mol. The summed E-state index contributed by atoms with van der Waals surface area (Å²) in [5.41, 5.74) is 10.2. The first-order valence-electron chi connectivity index (χ1n) is 10.5. The Balaban J connectivity index is 1.60. The van der Waals surface area contributed by atoms with Gasteiger partial charge in [-0.05, 0) is 57.5 Å². The second-order valence-electron chi connectivity index (χ2n) is 7.67. The summed E-state index contributed by atoms with van der Waals surface area (Å²) < 4.78 is 6.01. The summed E-state index contributed by atoms with van der Waals surface area (Å²) in [6.07, 6.45) is 1.59. The van der Waals surface area contributed by atoms with Crippen molar-refractivity contribution in [3.63, 3.8) is 0 Å². The van der Waals surface area contributed by atoms with Crippen molar-refractivity contribution < 1.29 is 9.84 Å². The van der Waals surface area contributed by atoms with Crippen LogP contribution in [-0.4, -0.2) is 18.3 Å². The maximum absolute atomic E-state index is 9.11. The van der Waals surface area contributed by atoms with Gasteiger partial charge in [0, 0.05) is 18.6 Å². The van der Waals surface area contributed by atoms with Crippen LogP contribution in [-0.2, 0) is 6.42 Å². The topological polar surface area (TPSA) is 29.5 Å². The molecule has 0 bridgehead atoms. The van der Waals surface area contributed by atoms with Crippen LogP contribution in [0.15, 0.2) is 91.0 Å². The molecule has 0 fully saturated rings. The molecule has 0 spiro atoms. The molecule has 2 nitrogen and oxygen atoms in total. The molecule has 0 amide bonds. The number of fused-ring (bicyclic) bond motifs is 3. The van der Waals surface area contributed by atoms with E-state index in [0.717, 1.165) is 23.3 Å². The summed E-state index contributed by atoms with van der Waals surface area (Å²) in [4.78, 5) is 0. The van der Waals surface area contributed by atoms with E-state index in [2.05, 4.69) is 84.9 Å². The van der Waals surface area contributed by atoms with Crippen LogP contribution in [0.25, 0.3) is 33.4 Å². The second-order valence-corrected chi connectivity index (χ2v) is 7.67. The van der Waals surface area contributed by atoms with Crippen LogP contribution in [0.4, 0.5) is 0 Å². The Morgan fingerprint density at radius 3 is 2.30 bits per heavy atom. The first-order valence-corrected chi connectivity index (χ1v) is 10.5. The van der Waals surface area contributed by atoms with Crippen LogP contribution in [0, 0.1) is 0 Å². The number of aliphatic hydroxyl groups is 1. The predicted molar refractivity (Wildman–Crippen MR) is 123 cm³/mol. The predicted octanol–water partition coefficient (Wildman–Crippen LogP) is 6.35. The summed E-state index contributed by atoms with van der Waals surface area (Å²) in [5.74, 6) is 0.856. The fourth-order valence-corrected chi connectivity index (χ4v) is 4.34. The fraction of sp³-hybridized carbons (Fsp3) is 0.143. The van der Waals surface area contributed by atoms with Crippen LogP contribution in [0.2, 0.25) is 0 Å². The molecule has 0 heterocycles. The quantitative estimate of drug-likeness (QED) is 0.341. The standard InChI is InChI=1S/C28H24O2/c29-16-7-17-30-28-15-14-22(18-26(28)20-8-2-1-3-9-20)24-12-6-13-25-23-11-5-4-10-21(23)19-27(24)25/h1-6,8-15,18,29H,7,16-17,19H2. The molecule has 148 valence electrons. The lowest BCUT2D eigenvalue weighted by Gasteiger charge is -2.15. The highest BCUT2D eigenvalue weighted by Gasteiger charge is 2.21. The molecule has 4 aromatic carbocycles. The molecule has 0 aromatic heterocycles. The molecule has 1 N–H and O–H groups in total. The molecule has 0 radical (unpaired) electrons. The number of ether oxygens (including phenoxy) is 1.